The van der Waals surface area contributed by atoms with E-state index in [9.17, 15) is 22.4 Å². The molecule has 0 spiro atoms. The smallest absolute Gasteiger partial charge is 0.264 e. The Morgan fingerprint density at radius 3 is 2.24 bits per heavy atom. The van der Waals surface area contributed by atoms with Gasteiger partial charge in [0.15, 0.2) is 0 Å². The molecule has 0 unspecified atom stereocenters. The summed E-state index contributed by atoms with van der Waals surface area (Å²) in [5.74, 6) is -1.59. The SMILES string of the molecule is CCCNC(=O)[C@@H](C)N(Cc1ccc(Cl)c(Cl)c1)C(=O)CN(c1ccccc1)S(=O)(=O)c1ccc(F)cc1. The van der Waals surface area contributed by atoms with Gasteiger partial charge in [0.25, 0.3) is 10.0 Å². The maximum Gasteiger partial charge on any atom is 0.264 e. The van der Waals surface area contributed by atoms with Gasteiger partial charge in [-0.1, -0.05) is 54.4 Å². The average molecular weight is 581 g/mol. The normalized spacial score (nSPS) is 12.0. The van der Waals surface area contributed by atoms with Crippen LogP contribution in [0.25, 0.3) is 0 Å². The zero-order valence-electron chi connectivity index (χ0n) is 20.9. The predicted molar refractivity (Wildman–Crippen MR) is 147 cm³/mol. The number of anilines is 1. The van der Waals surface area contributed by atoms with E-state index in [2.05, 4.69) is 5.32 Å². The Morgan fingerprint density at radius 1 is 0.974 bits per heavy atom. The molecule has 0 bridgehead atoms. The standard InChI is InChI=1S/C27H28Cl2FN3O4S/c1-3-15-31-27(35)19(2)32(17-20-9-14-24(28)25(29)16-20)26(34)18-33(22-7-5-4-6-8-22)38(36,37)23-12-10-21(30)11-13-23/h4-14,16,19H,3,15,17-18H2,1-2H3,(H,31,35)/t19-/m1/s1. The van der Waals surface area contributed by atoms with Crippen LogP contribution in [0.3, 0.4) is 0 Å². The van der Waals surface area contributed by atoms with Gasteiger partial charge in [-0.15, -0.1) is 0 Å². The number of carbonyl (C=O) groups is 2. The van der Waals surface area contributed by atoms with Gasteiger partial charge in [0.1, 0.15) is 18.4 Å². The number of rotatable bonds is 11. The molecule has 11 heteroatoms. The Kier molecular flexibility index (Phi) is 10.1. The second-order valence-corrected chi connectivity index (χ2v) is 11.2. The highest BCUT2D eigenvalue weighted by atomic mass is 35.5. The van der Waals surface area contributed by atoms with Gasteiger partial charge in [-0.05, 0) is 67.4 Å². The van der Waals surface area contributed by atoms with Crippen molar-refractivity contribution in [3.63, 3.8) is 0 Å². The second-order valence-electron chi connectivity index (χ2n) is 8.54. The molecule has 2 amide bonds. The van der Waals surface area contributed by atoms with Gasteiger partial charge in [-0.25, -0.2) is 12.8 Å². The summed E-state index contributed by atoms with van der Waals surface area (Å²) in [5.41, 5.74) is 0.846. The van der Waals surface area contributed by atoms with E-state index in [1.165, 1.54) is 4.90 Å². The summed E-state index contributed by atoms with van der Waals surface area (Å²) in [6, 6.07) is 16.4. The molecule has 202 valence electrons. The second kappa shape index (κ2) is 13.1. The van der Waals surface area contributed by atoms with Crippen LogP contribution in [0.1, 0.15) is 25.8 Å². The first-order valence-corrected chi connectivity index (χ1v) is 14.1. The van der Waals surface area contributed by atoms with Gasteiger partial charge in [0, 0.05) is 13.1 Å². The predicted octanol–water partition coefficient (Wildman–Crippen LogP) is 5.27. The van der Waals surface area contributed by atoms with Crippen LogP contribution in [0, 0.1) is 5.82 Å². The first-order valence-electron chi connectivity index (χ1n) is 11.9. The minimum absolute atomic E-state index is 0.0182. The molecule has 0 saturated carbocycles. The van der Waals surface area contributed by atoms with Crippen molar-refractivity contribution in [2.45, 2.75) is 37.8 Å². The molecule has 3 rings (SSSR count). The quantitative estimate of drug-likeness (QED) is 0.335. The van der Waals surface area contributed by atoms with Crippen LogP contribution >= 0.6 is 23.2 Å². The number of para-hydroxylation sites is 1. The van der Waals surface area contributed by atoms with E-state index in [-0.39, 0.29) is 28.1 Å². The fourth-order valence-corrected chi connectivity index (χ4v) is 5.40. The number of sulfonamides is 1. The molecule has 0 aliphatic carbocycles. The monoisotopic (exact) mass is 579 g/mol. The molecule has 3 aromatic carbocycles. The highest BCUT2D eigenvalue weighted by Gasteiger charge is 2.32. The highest BCUT2D eigenvalue weighted by molar-refractivity contribution is 7.92. The molecule has 1 N–H and O–H groups in total. The van der Waals surface area contributed by atoms with Crippen LogP contribution in [0.5, 0.6) is 0 Å². The molecular formula is C27H28Cl2FN3O4S. The number of hydrogen-bond acceptors (Lipinski definition) is 4. The summed E-state index contributed by atoms with van der Waals surface area (Å²) >= 11 is 12.2. The van der Waals surface area contributed by atoms with E-state index in [4.69, 9.17) is 23.2 Å². The van der Waals surface area contributed by atoms with E-state index in [0.717, 1.165) is 28.6 Å². The average Bonchev–Trinajstić information content (AvgIpc) is 2.91. The van der Waals surface area contributed by atoms with E-state index < -0.39 is 34.3 Å². The van der Waals surface area contributed by atoms with Crippen LogP contribution in [0.15, 0.2) is 77.7 Å². The molecule has 0 saturated heterocycles. The minimum Gasteiger partial charge on any atom is -0.354 e. The molecule has 0 aromatic heterocycles. The van der Waals surface area contributed by atoms with Crippen molar-refractivity contribution >= 4 is 50.7 Å². The topological polar surface area (TPSA) is 86.8 Å². The lowest BCUT2D eigenvalue weighted by molar-refractivity contribution is -0.139. The number of amides is 2. The molecule has 3 aromatic rings. The van der Waals surface area contributed by atoms with Crippen molar-refractivity contribution < 1.29 is 22.4 Å². The first kappa shape index (κ1) is 29.4. The number of hydrogen-bond donors (Lipinski definition) is 1. The first-order chi connectivity index (χ1) is 18.0. The fourth-order valence-electron chi connectivity index (χ4n) is 3.67. The number of halogens is 3. The van der Waals surface area contributed by atoms with Crippen molar-refractivity contribution in [1.29, 1.82) is 0 Å². The molecule has 7 nitrogen and oxygen atoms in total. The third kappa shape index (κ3) is 7.24. The third-order valence-electron chi connectivity index (χ3n) is 5.78. The van der Waals surface area contributed by atoms with E-state index in [1.807, 2.05) is 6.92 Å². The van der Waals surface area contributed by atoms with Crippen LogP contribution in [0.4, 0.5) is 10.1 Å². The molecule has 38 heavy (non-hydrogen) atoms. The summed E-state index contributed by atoms with van der Waals surface area (Å²) in [7, 11) is -4.26. The summed E-state index contributed by atoms with van der Waals surface area (Å²) in [6.07, 6.45) is 0.705. The van der Waals surface area contributed by atoms with Crippen LogP contribution in [0.2, 0.25) is 10.0 Å². The summed E-state index contributed by atoms with van der Waals surface area (Å²) in [4.78, 5) is 27.7. The van der Waals surface area contributed by atoms with Gasteiger partial charge in [0.2, 0.25) is 11.8 Å². The van der Waals surface area contributed by atoms with E-state index >= 15 is 0 Å². The van der Waals surface area contributed by atoms with Crippen LogP contribution in [-0.2, 0) is 26.2 Å². The third-order valence-corrected chi connectivity index (χ3v) is 8.31. The summed E-state index contributed by atoms with van der Waals surface area (Å²) in [5, 5.41) is 3.39. The lowest BCUT2D eigenvalue weighted by atomic mass is 10.1. The van der Waals surface area contributed by atoms with E-state index in [1.54, 1.807) is 55.5 Å². The zero-order valence-corrected chi connectivity index (χ0v) is 23.2. The number of benzene rings is 3. The molecule has 0 aliphatic heterocycles. The molecule has 0 fully saturated rings. The lowest BCUT2D eigenvalue weighted by Gasteiger charge is -2.32. The Labute approximate surface area is 232 Å². The Morgan fingerprint density at radius 2 is 1.63 bits per heavy atom. The molecule has 0 aliphatic rings. The van der Waals surface area contributed by atoms with Gasteiger partial charge in [-0.3, -0.25) is 13.9 Å². The van der Waals surface area contributed by atoms with Crippen molar-refractivity contribution in [3.05, 3.63) is 94.2 Å². The number of nitrogens with one attached hydrogen (secondary N) is 1. The van der Waals surface area contributed by atoms with Gasteiger partial charge in [-0.2, -0.15) is 0 Å². The minimum atomic E-state index is -4.26. The van der Waals surface area contributed by atoms with Gasteiger partial charge >= 0.3 is 0 Å². The summed E-state index contributed by atoms with van der Waals surface area (Å²) in [6.45, 7) is 3.28. The Bertz CT molecular complexity index is 1370. The van der Waals surface area contributed by atoms with Gasteiger partial charge in [0.05, 0.1) is 20.6 Å². The number of carbonyl (C=O) groups excluding carboxylic acids is 2. The fraction of sp³-hybridized carbons (Fsp3) is 0.259. The Balaban J connectivity index is 2.00. The van der Waals surface area contributed by atoms with Crippen molar-refractivity contribution in [2.75, 3.05) is 17.4 Å². The molecule has 0 radical (unpaired) electrons. The molecule has 0 heterocycles. The highest BCUT2D eigenvalue weighted by Crippen LogP contribution is 2.26. The van der Waals surface area contributed by atoms with Crippen molar-refractivity contribution in [2.24, 2.45) is 0 Å². The van der Waals surface area contributed by atoms with Crippen LogP contribution < -0.4 is 9.62 Å². The van der Waals surface area contributed by atoms with Crippen molar-refractivity contribution in [1.82, 2.24) is 10.2 Å². The summed E-state index contributed by atoms with van der Waals surface area (Å²) < 4.78 is 41.7. The lowest BCUT2D eigenvalue weighted by Crippen LogP contribution is -2.51. The maximum atomic E-state index is 13.8. The Hall–Kier alpha value is -3.14. The van der Waals surface area contributed by atoms with Gasteiger partial charge < -0.3 is 10.2 Å². The molecular weight excluding hydrogens is 552 g/mol. The van der Waals surface area contributed by atoms with Crippen LogP contribution in [-0.4, -0.2) is 44.3 Å². The molecule has 1 atom stereocenters. The largest absolute Gasteiger partial charge is 0.354 e. The zero-order chi connectivity index (χ0) is 27.9. The van der Waals surface area contributed by atoms with E-state index in [0.29, 0.717) is 23.6 Å². The number of nitrogens with zero attached hydrogens (tertiary/aromatic N) is 2. The maximum absolute atomic E-state index is 13.8. The van der Waals surface area contributed by atoms with Crippen molar-refractivity contribution in [3.8, 4) is 0 Å².